The summed E-state index contributed by atoms with van der Waals surface area (Å²) in [6.45, 7) is 4.06. The molecule has 0 N–H and O–H groups in total. The van der Waals surface area contributed by atoms with Crippen LogP contribution in [-0.4, -0.2) is 21.2 Å². The summed E-state index contributed by atoms with van der Waals surface area (Å²) in [5.74, 6) is 1.23. The summed E-state index contributed by atoms with van der Waals surface area (Å²) in [5, 5.41) is 6.31. The molecule has 5 nitrogen and oxygen atoms in total. The molecule has 3 heterocycles. The third-order valence-corrected chi connectivity index (χ3v) is 5.50. The van der Waals surface area contributed by atoms with E-state index in [-0.39, 0.29) is 5.56 Å². The SMILES string of the molecule is C=CCOc1ccccc1/C=c1\sc2nc(/C=C/c3cccs3)nn2c1=O. The minimum atomic E-state index is -0.184. The van der Waals surface area contributed by atoms with Crippen LogP contribution in [0.25, 0.3) is 23.2 Å². The molecule has 0 atom stereocenters. The van der Waals surface area contributed by atoms with Crippen LogP contribution in [0.5, 0.6) is 5.75 Å². The van der Waals surface area contributed by atoms with Crippen molar-refractivity contribution in [1.29, 1.82) is 0 Å². The van der Waals surface area contributed by atoms with Crippen molar-refractivity contribution in [2.75, 3.05) is 6.61 Å². The van der Waals surface area contributed by atoms with Crippen LogP contribution < -0.4 is 14.8 Å². The second-order valence-electron chi connectivity index (χ2n) is 5.57. The van der Waals surface area contributed by atoms with Gasteiger partial charge in [-0.05, 0) is 35.7 Å². The first kappa shape index (κ1) is 17.4. The molecule has 4 aromatic rings. The van der Waals surface area contributed by atoms with Gasteiger partial charge in [-0.25, -0.2) is 0 Å². The van der Waals surface area contributed by atoms with E-state index in [1.807, 2.05) is 60.0 Å². The second kappa shape index (κ2) is 7.69. The first-order valence-electron chi connectivity index (χ1n) is 8.20. The maximum Gasteiger partial charge on any atom is 0.291 e. The fourth-order valence-electron chi connectivity index (χ4n) is 2.48. The van der Waals surface area contributed by atoms with Gasteiger partial charge in [0.1, 0.15) is 12.4 Å². The fourth-order valence-corrected chi connectivity index (χ4v) is 4.01. The van der Waals surface area contributed by atoms with Gasteiger partial charge < -0.3 is 4.74 Å². The number of benzene rings is 1. The smallest absolute Gasteiger partial charge is 0.291 e. The highest BCUT2D eigenvalue weighted by Crippen LogP contribution is 2.19. The van der Waals surface area contributed by atoms with Crippen molar-refractivity contribution < 1.29 is 4.74 Å². The average molecular weight is 393 g/mol. The molecule has 0 saturated carbocycles. The summed E-state index contributed by atoms with van der Waals surface area (Å²) in [7, 11) is 0. The Morgan fingerprint density at radius 2 is 2.07 bits per heavy atom. The number of hydrogen-bond donors (Lipinski definition) is 0. The van der Waals surface area contributed by atoms with E-state index in [2.05, 4.69) is 16.7 Å². The van der Waals surface area contributed by atoms with Gasteiger partial charge in [-0.2, -0.15) is 9.50 Å². The van der Waals surface area contributed by atoms with Gasteiger partial charge in [-0.1, -0.05) is 48.3 Å². The molecule has 0 aliphatic carbocycles. The van der Waals surface area contributed by atoms with E-state index in [1.54, 1.807) is 17.4 Å². The van der Waals surface area contributed by atoms with Gasteiger partial charge >= 0.3 is 0 Å². The molecule has 4 rings (SSSR count). The molecule has 134 valence electrons. The number of nitrogens with zero attached hydrogens (tertiary/aromatic N) is 3. The number of thiophene rings is 1. The molecule has 27 heavy (non-hydrogen) atoms. The number of hydrogen-bond acceptors (Lipinski definition) is 6. The van der Waals surface area contributed by atoms with E-state index >= 15 is 0 Å². The number of ether oxygens (including phenoxy) is 1. The number of para-hydroxylation sites is 1. The van der Waals surface area contributed by atoms with Crippen molar-refractivity contribution in [3.05, 3.63) is 85.6 Å². The molecule has 0 aliphatic heterocycles. The van der Waals surface area contributed by atoms with Gasteiger partial charge in [0.2, 0.25) is 4.96 Å². The van der Waals surface area contributed by atoms with Gasteiger partial charge in [-0.15, -0.1) is 16.4 Å². The number of fused-ring (bicyclic) bond motifs is 1. The highest BCUT2D eigenvalue weighted by atomic mass is 32.1. The summed E-state index contributed by atoms with van der Waals surface area (Å²) in [4.78, 5) is 18.8. The van der Waals surface area contributed by atoms with Crippen LogP contribution in [0.1, 0.15) is 16.3 Å². The van der Waals surface area contributed by atoms with Gasteiger partial charge in [0.25, 0.3) is 5.56 Å². The highest BCUT2D eigenvalue weighted by Gasteiger charge is 2.09. The summed E-state index contributed by atoms with van der Waals surface area (Å²) in [6, 6.07) is 11.6. The van der Waals surface area contributed by atoms with E-state index in [1.165, 1.54) is 15.9 Å². The first-order valence-corrected chi connectivity index (χ1v) is 9.90. The van der Waals surface area contributed by atoms with Crippen molar-refractivity contribution >= 4 is 45.9 Å². The maximum atomic E-state index is 12.7. The zero-order chi connectivity index (χ0) is 18.6. The van der Waals surface area contributed by atoms with Crippen molar-refractivity contribution in [2.45, 2.75) is 0 Å². The Balaban J connectivity index is 1.69. The maximum absolute atomic E-state index is 12.7. The molecule has 3 aromatic heterocycles. The first-order chi connectivity index (χ1) is 13.2. The molecule has 0 spiro atoms. The van der Waals surface area contributed by atoms with Crippen LogP contribution in [0, 0.1) is 0 Å². The Labute approximate surface area is 163 Å². The zero-order valence-corrected chi connectivity index (χ0v) is 15.9. The second-order valence-corrected chi connectivity index (χ2v) is 7.55. The molecule has 0 bridgehead atoms. The van der Waals surface area contributed by atoms with Crippen LogP contribution in [0.3, 0.4) is 0 Å². The lowest BCUT2D eigenvalue weighted by atomic mass is 10.2. The van der Waals surface area contributed by atoms with E-state index < -0.39 is 0 Å². The minimum Gasteiger partial charge on any atom is -0.489 e. The Hall–Kier alpha value is -3.03. The van der Waals surface area contributed by atoms with Gasteiger partial charge in [0, 0.05) is 10.4 Å². The van der Waals surface area contributed by atoms with Crippen LogP contribution in [0.4, 0.5) is 0 Å². The minimum absolute atomic E-state index is 0.184. The lowest BCUT2D eigenvalue weighted by molar-refractivity contribution is 0.362. The third-order valence-electron chi connectivity index (χ3n) is 3.70. The summed E-state index contributed by atoms with van der Waals surface area (Å²) >= 11 is 2.94. The summed E-state index contributed by atoms with van der Waals surface area (Å²) in [6.07, 6.45) is 7.24. The predicted octanol–water partition coefficient (Wildman–Crippen LogP) is 3.50. The molecular formula is C20H15N3O2S2. The Morgan fingerprint density at radius 1 is 1.19 bits per heavy atom. The lowest BCUT2D eigenvalue weighted by Gasteiger charge is -2.05. The Bertz CT molecular complexity index is 1220. The van der Waals surface area contributed by atoms with Crippen LogP contribution >= 0.6 is 22.7 Å². The molecular weight excluding hydrogens is 378 g/mol. The molecule has 0 unspecified atom stereocenters. The standard InChI is InChI=1S/C20H15N3O2S2/c1-2-11-25-16-8-4-3-6-14(16)13-17-19(24)23-20(27-17)21-18(22-23)10-9-15-7-5-12-26-15/h2-10,12-13H,1,11H2/b10-9+,17-13-. The largest absolute Gasteiger partial charge is 0.489 e. The topological polar surface area (TPSA) is 56.5 Å². The highest BCUT2D eigenvalue weighted by molar-refractivity contribution is 7.15. The van der Waals surface area contributed by atoms with E-state index in [0.29, 0.717) is 27.7 Å². The van der Waals surface area contributed by atoms with Crippen molar-refractivity contribution in [3.8, 4) is 5.75 Å². The molecule has 1 aromatic carbocycles. The van der Waals surface area contributed by atoms with Crippen LogP contribution in [0.15, 0.2) is 59.2 Å². The molecule has 0 fully saturated rings. The number of aromatic nitrogens is 3. The van der Waals surface area contributed by atoms with E-state index in [9.17, 15) is 4.79 Å². The number of thiazole rings is 1. The van der Waals surface area contributed by atoms with Crippen LogP contribution in [-0.2, 0) is 0 Å². The molecule has 0 saturated heterocycles. The van der Waals surface area contributed by atoms with Crippen molar-refractivity contribution in [1.82, 2.24) is 14.6 Å². The van der Waals surface area contributed by atoms with E-state index in [0.717, 1.165) is 10.4 Å². The summed E-state index contributed by atoms with van der Waals surface area (Å²) in [5.41, 5.74) is 0.649. The Kier molecular flexibility index (Phi) is 4.95. The Morgan fingerprint density at radius 3 is 2.85 bits per heavy atom. The van der Waals surface area contributed by atoms with Gasteiger partial charge in [-0.3, -0.25) is 4.79 Å². The molecule has 0 radical (unpaired) electrons. The fraction of sp³-hybridized carbons (Fsp3) is 0.0500. The van der Waals surface area contributed by atoms with Gasteiger partial charge in [0.05, 0.1) is 4.53 Å². The van der Waals surface area contributed by atoms with Gasteiger partial charge in [0.15, 0.2) is 5.82 Å². The van der Waals surface area contributed by atoms with Crippen molar-refractivity contribution in [3.63, 3.8) is 0 Å². The normalized spacial score (nSPS) is 12.2. The monoisotopic (exact) mass is 393 g/mol. The average Bonchev–Trinajstić information content (AvgIpc) is 3.39. The zero-order valence-electron chi connectivity index (χ0n) is 14.2. The lowest BCUT2D eigenvalue weighted by Crippen LogP contribution is -2.23. The molecule has 0 aliphatic rings. The molecule has 0 amide bonds. The third kappa shape index (κ3) is 3.74. The van der Waals surface area contributed by atoms with Crippen LogP contribution in [0.2, 0.25) is 0 Å². The predicted molar refractivity (Wildman–Crippen MR) is 111 cm³/mol. The number of rotatable bonds is 6. The molecule has 7 heteroatoms. The quantitative estimate of drug-likeness (QED) is 0.471. The van der Waals surface area contributed by atoms with E-state index in [4.69, 9.17) is 4.74 Å². The summed E-state index contributed by atoms with van der Waals surface area (Å²) < 4.78 is 7.56. The van der Waals surface area contributed by atoms with Crippen molar-refractivity contribution in [2.24, 2.45) is 0 Å².